The number of methoxy groups -OCH3 is 1. The second-order valence-electron chi connectivity index (χ2n) is 5.62. The lowest BCUT2D eigenvalue weighted by Crippen LogP contribution is -2.55. The first-order chi connectivity index (χ1) is 9.08. The van der Waals surface area contributed by atoms with E-state index < -0.39 is 5.54 Å². The zero-order valence-corrected chi connectivity index (χ0v) is 14.9. The highest BCUT2D eigenvalue weighted by Crippen LogP contribution is 2.25. The van der Waals surface area contributed by atoms with Crippen LogP contribution in [0.4, 0.5) is 0 Å². The first-order valence-electron chi connectivity index (χ1n) is 7.33. The van der Waals surface area contributed by atoms with Gasteiger partial charge >= 0.3 is 0 Å². The summed E-state index contributed by atoms with van der Waals surface area (Å²) in [6.45, 7) is 3.28. The van der Waals surface area contributed by atoms with E-state index in [9.17, 15) is 4.79 Å². The number of rotatable bonds is 8. The summed E-state index contributed by atoms with van der Waals surface area (Å²) in [6, 6.07) is 0. The molecule has 1 amide bonds. The minimum atomic E-state index is -0.618. The number of ether oxygens (including phenoxy) is 1. The van der Waals surface area contributed by atoms with E-state index in [1.807, 2.05) is 0 Å². The Kier molecular flexibility index (Phi) is 13.8. The molecule has 3 N–H and O–H groups in total. The Morgan fingerprint density at radius 2 is 1.86 bits per heavy atom. The molecule has 0 atom stereocenters. The van der Waals surface area contributed by atoms with Crippen LogP contribution < -0.4 is 11.1 Å². The number of carbonyl (C=O) groups excluding carboxylic acids is 1. The number of likely N-dealkylation sites (N-methyl/N-ethyl adjacent to an activating group) is 1. The molecule has 1 aliphatic rings. The predicted octanol–water partition coefficient (Wildman–Crippen LogP) is 1.58. The number of nitrogens with zero attached hydrogens (tertiary/aromatic N) is 1. The molecule has 0 radical (unpaired) electrons. The standard InChI is InChI=1S/C14H29N3O2.2ClH/c1-17(10-6-12-19-2)11-9-16-13(18)14(15)7-4-3-5-8-14;;/h3-12,15H2,1-2H3,(H,16,18);2*1H. The van der Waals surface area contributed by atoms with E-state index >= 15 is 0 Å². The lowest BCUT2D eigenvalue weighted by atomic mass is 9.82. The quantitative estimate of drug-likeness (QED) is 0.656. The summed E-state index contributed by atoms with van der Waals surface area (Å²) >= 11 is 0. The van der Waals surface area contributed by atoms with Crippen molar-refractivity contribution in [2.24, 2.45) is 5.73 Å². The Balaban J connectivity index is 0. The molecule has 0 unspecified atom stereocenters. The first-order valence-corrected chi connectivity index (χ1v) is 7.33. The van der Waals surface area contributed by atoms with Crippen molar-refractivity contribution < 1.29 is 9.53 Å². The van der Waals surface area contributed by atoms with Crippen LogP contribution in [0.2, 0.25) is 0 Å². The zero-order chi connectivity index (χ0) is 14.1. The van der Waals surface area contributed by atoms with Gasteiger partial charge in [0, 0.05) is 33.4 Å². The number of hydrogen-bond acceptors (Lipinski definition) is 4. The number of halogens is 2. The third-order valence-electron chi connectivity index (χ3n) is 3.87. The largest absolute Gasteiger partial charge is 0.385 e. The maximum absolute atomic E-state index is 12.1. The Labute approximate surface area is 141 Å². The molecular weight excluding hydrogens is 313 g/mol. The molecule has 1 saturated carbocycles. The van der Waals surface area contributed by atoms with Crippen molar-refractivity contribution in [2.75, 3.05) is 40.4 Å². The summed E-state index contributed by atoms with van der Waals surface area (Å²) in [4.78, 5) is 14.3. The normalized spacial score (nSPS) is 16.8. The molecule has 5 nitrogen and oxygen atoms in total. The van der Waals surface area contributed by atoms with E-state index in [1.165, 1.54) is 6.42 Å². The van der Waals surface area contributed by atoms with Crippen LogP contribution in [-0.2, 0) is 9.53 Å². The number of nitrogens with two attached hydrogens (primary N) is 1. The molecule has 0 aliphatic heterocycles. The van der Waals surface area contributed by atoms with E-state index in [-0.39, 0.29) is 30.7 Å². The van der Waals surface area contributed by atoms with E-state index in [4.69, 9.17) is 10.5 Å². The Bertz CT molecular complexity index is 275. The number of hydrogen-bond donors (Lipinski definition) is 2. The minimum absolute atomic E-state index is 0. The molecule has 0 aromatic rings. The molecule has 0 bridgehead atoms. The van der Waals surface area contributed by atoms with Gasteiger partial charge in [-0.05, 0) is 26.3 Å². The highest BCUT2D eigenvalue weighted by atomic mass is 35.5. The van der Waals surface area contributed by atoms with Gasteiger partial charge in [-0.25, -0.2) is 0 Å². The van der Waals surface area contributed by atoms with Gasteiger partial charge in [0.15, 0.2) is 0 Å². The highest BCUT2D eigenvalue weighted by molar-refractivity contribution is 5.86. The molecule has 128 valence electrons. The van der Waals surface area contributed by atoms with Crippen LogP contribution in [0.25, 0.3) is 0 Å². The smallest absolute Gasteiger partial charge is 0.240 e. The van der Waals surface area contributed by atoms with Crippen molar-refractivity contribution in [3.05, 3.63) is 0 Å². The van der Waals surface area contributed by atoms with Gasteiger partial charge in [-0.3, -0.25) is 4.79 Å². The van der Waals surface area contributed by atoms with Crippen LogP contribution in [0.1, 0.15) is 38.5 Å². The fourth-order valence-electron chi connectivity index (χ4n) is 2.54. The molecule has 0 spiro atoms. The predicted molar refractivity (Wildman–Crippen MR) is 91.5 cm³/mol. The van der Waals surface area contributed by atoms with Crippen molar-refractivity contribution in [3.63, 3.8) is 0 Å². The zero-order valence-electron chi connectivity index (χ0n) is 13.2. The van der Waals surface area contributed by atoms with Crippen molar-refractivity contribution >= 4 is 30.7 Å². The fraction of sp³-hybridized carbons (Fsp3) is 0.929. The summed E-state index contributed by atoms with van der Waals surface area (Å²) in [5, 5.41) is 2.98. The van der Waals surface area contributed by atoms with Gasteiger partial charge in [0.1, 0.15) is 0 Å². The van der Waals surface area contributed by atoms with Gasteiger partial charge in [-0.2, -0.15) is 0 Å². The molecule has 0 aromatic carbocycles. The molecule has 1 rings (SSSR count). The summed E-state index contributed by atoms with van der Waals surface area (Å²) < 4.78 is 5.01. The van der Waals surface area contributed by atoms with Crippen molar-refractivity contribution in [1.82, 2.24) is 10.2 Å². The average Bonchev–Trinajstić information content (AvgIpc) is 2.40. The van der Waals surface area contributed by atoms with Crippen molar-refractivity contribution in [1.29, 1.82) is 0 Å². The third-order valence-corrected chi connectivity index (χ3v) is 3.87. The second kappa shape index (κ2) is 12.5. The molecule has 0 heterocycles. The Morgan fingerprint density at radius 3 is 2.43 bits per heavy atom. The van der Waals surface area contributed by atoms with E-state index in [0.29, 0.717) is 6.54 Å². The second-order valence-corrected chi connectivity index (χ2v) is 5.62. The first kappa shape index (κ1) is 23.2. The van der Waals surface area contributed by atoms with Gasteiger partial charge < -0.3 is 20.7 Å². The molecule has 1 fully saturated rings. The lowest BCUT2D eigenvalue weighted by Gasteiger charge is -2.32. The molecule has 1 aliphatic carbocycles. The van der Waals surface area contributed by atoms with E-state index in [0.717, 1.165) is 51.8 Å². The SMILES string of the molecule is COCCCN(C)CCNC(=O)C1(N)CCCCC1.Cl.Cl. The fourth-order valence-corrected chi connectivity index (χ4v) is 2.54. The van der Waals surface area contributed by atoms with Crippen molar-refractivity contribution in [3.8, 4) is 0 Å². The third kappa shape index (κ3) is 8.83. The summed E-state index contributed by atoms with van der Waals surface area (Å²) in [5.41, 5.74) is 5.56. The monoisotopic (exact) mass is 343 g/mol. The summed E-state index contributed by atoms with van der Waals surface area (Å²) in [7, 11) is 3.77. The number of amides is 1. The number of nitrogens with one attached hydrogen (secondary N) is 1. The van der Waals surface area contributed by atoms with Crippen LogP contribution >= 0.6 is 24.8 Å². The van der Waals surface area contributed by atoms with Gasteiger partial charge in [0.05, 0.1) is 5.54 Å². The maximum Gasteiger partial charge on any atom is 0.240 e. The number of carbonyl (C=O) groups is 1. The van der Waals surface area contributed by atoms with Gasteiger partial charge in [-0.15, -0.1) is 24.8 Å². The Morgan fingerprint density at radius 1 is 1.24 bits per heavy atom. The van der Waals surface area contributed by atoms with Gasteiger partial charge in [0.25, 0.3) is 0 Å². The van der Waals surface area contributed by atoms with Crippen LogP contribution in [0.5, 0.6) is 0 Å². The van der Waals surface area contributed by atoms with Crippen LogP contribution in [0.15, 0.2) is 0 Å². The maximum atomic E-state index is 12.1. The molecular formula is C14H31Cl2N3O2. The molecule has 0 aromatic heterocycles. The minimum Gasteiger partial charge on any atom is -0.385 e. The summed E-state index contributed by atoms with van der Waals surface area (Å²) in [6.07, 6.45) is 6.00. The highest BCUT2D eigenvalue weighted by Gasteiger charge is 2.34. The lowest BCUT2D eigenvalue weighted by molar-refractivity contribution is -0.127. The van der Waals surface area contributed by atoms with Crippen LogP contribution in [0.3, 0.4) is 0 Å². The molecule has 0 saturated heterocycles. The van der Waals surface area contributed by atoms with E-state index in [1.54, 1.807) is 7.11 Å². The topological polar surface area (TPSA) is 67.6 Å². The van der Waals surface area contributed by atoms with Gasteiger partial charge in [0.2, 0.25) is 5.91 Å². The van der Waals surface area contributed by atoms with Crippen LogP contribution in [0, 0.1) is 0 Å². The Hall–Kier alpha value is -0.0700. The van der Waals surface area contributed by atoms with Gasteiger partial charge in [-0.1, -0.05) is 19.3 Å². The van der Waals surface area contributed by atoms with Crippen LogP contribution in [-0.4, -0.2) is 56.7 Å². The summed E-state index contributed by atoms with van der Waals surface area (Å²) in [5.74, 6) is 0.0255. The average molecular weight is 344 g/mol. The molecule has 21 heavy (non-hydrogen) atoms. The van der Waals surface area contributed by atoms with Crippen molar-refractivity contribution in [2.45, 2.75) is 44.1 Å². The molecule has 7 heteroatoms. The van der Waals surface area contributed by atoms with E-state index in [2.05, 4.69) is 17.3 Å².